The Bertz CT molecular complexity index is 1360. The Kier molecular flexibility index (Phi) is 5.85. The van der Waals surface area contributed by atoms with Gasteiger partial charge in [0, 0.05) is 32.8 Å². The molecule has 0 spiro atoms. The maximum atomic E-state index is 12.6. The van der Waals surface area contributed by atoms with Crippen molar-refractivity contribution in [1.29, 1.82) is 0 Å². The smallest absolute Gasteiger partial charge is 0.311 e. The number of hydrogen-bond acceptors (Lipinski definition) is 6. The number of pyridine rings is 1. The van der Waals surface area contributed by atoms with Gasteiger partial charge in [-0.2, -0.15) is 0 Å². The summed E-state index contributed by atoms with van der Waals surface area (Å²) in [6, 6.07) is 9.11. The van der Waals surface area contributed by atoms with E-state index in [1.807, 2.05) is 0 Å². The highest BCUT2D eigenvalue weighted by Gasteiger charge is 2.17. The van der Waals surface area contributed by atoms with Crippen LogP contribution in [0.25, 0.3) is 10.9 Å². The van der Waals surface area contributed by atoms with Gasteiger partial charge < -0.3 is 5.32 Å². The number of benzene rings is 1. The molecule has 2 heterocycles. The zero-order valence-electron chi connectivity index (χ0n) is 16.7. The molecule has 3 rings (SSSR count). The Balaban J connectivity index is 1.74. The average molecular weight is 431 g/mol. The normalized spacial score (nSPS) is 11.6. The fourth-order valence-corrected chi connectivity index (χ4v) is 4.00. The van der Waals surface area contributed by atoms with E-state index in [-0.39, 0.29) is 23.2 Å². The predicted octanol–water partition coefficient (Wildman–Crippen LogP) is 0.248. The molecular weight excluding hydrogens is 410 g/mol. The third-order valence-corrected chi connectivity index (χ3v) is 6.01. The van der Waals surface area contributed by atoms with E-state index in [0.29, 0.717) is 11.3 Å². The van der Waals surface area contributed by atoms with Crippen molar-refractivity contribution in [3.8, 4) is 0 Å². The van der Waals surface area contributed by atoms with E-state index in [1.165, 1.54) is 36.9 Å². The third-order valence-electron chi connectivity index (χ3n) is 4.55. The van der Waals surface area contributed by atoms with Crippen LogP contribution in [-0.4, -0.2) is 35.0 Å². The lowest BCUT2D eigenvalue weighted by Gasteiger charge is -2.10. The van der Waals surface area contributed by atoms with Gasteiger partial charge in [-0.1, -0.05) is 6.07 Å². The Hall–Kier alpha value is -3.31. The molecule has 158 valence electrons. The van der Waals surface area contributed by atoms with Crippen LogP contribution in [0.2, 0.25) is 0 Å². The quantitative estimate of drug-likeness (QED) is 0.575. The van der Waals surface area contributed by atoms with E-state index < -0.39 is 27.2 Å². The molecule has 0 aliphatic heterocycles. The molecule has 3 aromatic rings. The summed E-state index contributed by atoms with van der Waals surface area (Å²) in [5.41, 5.74) is -0.0222. The maximum Gasteiger partial charge on any atom is 0.330 e. The van der Waals surface area contributed by atoms with E-state index in [2.05, 4.69) is 15.0 Å². The van der Waals surface area contributed by atoms with Crippen molar-refractivity contribution in [3.63, 3.8) is 0 Å². The molecule has 0 aliphatic rings. The largest absolute Gasteiger partial charge is 0.330 e. The molecule has 10 nitrogen and oxygen atoms in total. The Morgan fingerprint density at radius 1 is 1.10 bits per heavy atom. The fraction of sp³-hybridized carbons (Fsp3) is 0.263. The number of rotatable bonds is 6. The SMILES string of the molecule is Cc1cccc(NC(=O)CCNS(=O)(=O)c2ccc3c(c2)c(=O)n(C)c(=O)n3C)n1. The molecule has 0 unspecified atom stereocenters. The summed E-state index contributed by atoms with van der Waals surface area (Å²) in [4.78, 5) is 40.4. The molecular formula is C19H21N5O5S. The van der Waals surface area contributed by atoms with Crippen LogP contribution < -0.4 is 21.3 Å². The summed E-state index contributed by atoms with van der Waals surface area (Å²) in [7, 11) is -1.14. The molecule has 1 amide bonds. The third kappa shape index (κ3) is 4.31. The molecule has 2 aromatic heterocycles. The first-order valence-corrected chi connectivity index (χ1v) is 10.5. The first-order chi connectivity index (χ1) is 14.1. The van der Waals surface area contributed by atoms with E-state index in [0.717, 1.165) is 10.3 Å². The number of nitrogens with one attached hydrogen (secondary N) is 2. The molecule has 11 heteroatoms. The van der Waals surface area contributed by atoms with Gasteiger partial charge in [0.15, 0.2) is 0 Å². The maximum absolute atomic E-state index is 12.6. The summed E-state index contributed by atoms with van der Waals surface area (Å²) in [6.45, 7) is 1.65. The first kappa shape index (κ1) is 21.4. The number of aromatic nitrogens is 3. The Labute approximate surface area is 172 Å². The lowest BCUT2D eigenvalue weighted by atomic mass is 10.2. The molecule has 0 radical (unpaired) electrons. The van der Waals surface area contributed by atoms with Gasteiger partial charge in [-0.3, -0.25) is 18.7 Å². The van der Waals surface area contributed by atoms with Crippen molar-refractivity contribution in [3.05, 3.63) is 62.9 Å². The summed E-state index contributed by atoms with van der Waals surface area (Å²) < 4.78 is 29.7. The molecule has 0 atom stereocenters. The van der Waals surface area contributed by atoms with Crippen LogP contribution >= 0.6 is 0 Å². The summed E-state index contributed by atoms with van der Waals surface area (Å²) >= 11 is 0. The van der Waals surface area contributed by atoms with Gasteiger partial charge in [-0.15, -0.1) is 0 Å². The number of carbonyl (C=O) groups excluding carboxylic acids is 1. The number of sulfonamides is 1. The molecule has 0 saturated carbocycles. The minimum Gasteiger partial charge on any atom is -0.311 e. The highest BCUT2D eigenvalue weighted by molar-refractivity contribution is 7.89. The number of anilines is 1. The number of carbonyl (C=O) groups is 1. The highest BCUT2D eigenvalue weighted by Crippen LogP contribution is 2.15. The molecule has 1 aromatic carbocycles. The number of nitrogens with zero attached hydrogens (tertiary/aromatic N) is 3. The van der Waals surface area contributed by atoms with Crippen LogP contribution in [0.4, 0.5) is 5.82 Å². The predicted molar refractivity (Wildman–Crippen MR) is 112 cm³/mol. The van der Waals surface area contributed by atoms with Gasteiger partial charge in [0.25, 0.3) is 5.56 Å². The second-order valence-corrected chi connectivity index (χ2v) is 8.51. The zero-order valence-corrected chi connectivity index (χ0v) is 17.5. The van der Waals surface area contributed by atoms with Gasteiger partial charge in [0.1, 0.15) is 5.82 Å². The second kappa shape index (κ2) is 8.20. The minimum absolute atomic E-state index is 0.0985. The number of aryl methyl sites for hydroxylation is 2. The van der Waals surface area contributed by atoms with E-state index in [9.17, 15) is 22.8 Å². The molecule has 0 fully saturated rings. The van der Waals surface area contributed by atoms with Crippen LogP contribution in [0.1, 0.15) is 12.1 Å². The first-order valence-electron chi connectivity index (χ1n) is 9.03. The van der Waals surface area contributed by atoms with E-state index in [4.69, 9.17) is 0 Å². The van der Waals surface area contributed by atoms with Crippen LogP contribution in [0.15, 0.2) is 50.9 Å². The minimum atomic E-state index is -3.96. The molecule has 0 saturated heterocycles. The number of hydrogen-bond donors (Lipinski definition) is 2. The van der Waals surface area contributed by atoms with Gasteiger partial charge in [0.05, 0.1) is 15.8 Å². The zero-order chi connectivity index (χ0) is 22.1. The van der Waals surface area contributed by atoms with E-state index >= 15 is 0 Å². The summed E-state index contributed by atoms with van der Waals surface area (Å²) in [6.07, 6.45) is -0.0985. The number of fused-ring (bicyclic) bond motifs is 1. The van der Waals surface area contributed by atoms with Gasteiger partial charge >= 0.3 is 5.69 Å². The van der Waals surface area contributed by atoms with E-state index in [1.54, 1.807) is 25.1 Å². The van der Waals surface area contributed by atoms with Crippen molar-refractivity contribution in [2.45, 2.75) is 18.2 Å². The summed E-state index contributed by atoms with van der Waals surface area (Å²) in [5, 5.41) is 2.70. The van der Waals surface area contributed by atoms with Gasteiger partial charge in [-0.25, -0.2) is 22.9 Å². The van der Waals surface area contributed by atoms with Crippen LogP contribution in [0, 0.1) is 6.92 Å². The lowest BCUT2D eigenvalue weighted by Crippen LogP contribution is -2.37. The molecule has 30 heavy (non-hydrogen) atoms. The van der Waals surface area contributed by atoms with Crippen LogP contribution in [-0.2, 0) is 28.9 Å². The Morgan fingerprint density at radius 3 is 2.53 bits per heavy atom. The van der Waals surface area contributed by atoms with Crippen molar-refractivity contribution < 1.29 is 13.2 Å². The molecule has 2 N–H and O–H groups in total. The fourth-order valence-electron chi connectivity index (χ4n) is 2.94. The average Bonchev–Trinajstić information content (AvgIpc) is 2.70. The highest BCUT2D eigenvalue weighted by atomic mass is 32.2. The van der Waals surface area contributed by atoms with Crippen LogP contribution in [0.5, 0.6) is 0 Å². The van der Waals surface area contributed by atoms with Crippen molar-refractivity contribution in [2.75, 3.05) is 11.9 Å². The standard InChI is InChI=1S/C19H21N5O5S/c1-12-5-4-6-16(21-12)22-17(25)9-10-20-30(28,29)13-7-8-15-14(11-13)18(26)24(3)19(27)23(15)2/h4-8,11,20H,9-10H2,1-3H3,(H,21,22,25). The van der Waals surface area contributed by atoms with Gasteiger partial charge in [-0.05, 0) is 37.3 Å². The lowest BCUT2D eigenvalue weighted by molar-refractivity contribution is -0.116. The van der Waals surface area contributed by atoms with Gasteiger partial charge in [0.2, 0.25) is 15.9 Å². The van der Waals surface area contributed by atoms with Crippen molar-refractivity contribution in [2.24, 2.45) is 14.1 Å². The number of amides is 1. The monoisotopic (exact) mass is 431 g/mol. The summed E-state index contributed by atoms with van der Waals surface area (Å²) in [5.74, 6) is -0.00276. The van der Waals surface area contributed by atoms with Crippen molar-refractivity contribution >= 4 is 32.7 Å². The van der Waals surface area contributed by atoms with Crippen molar-refractivity contribution in [1.82, 2.24) is 18.8 Å². The Morgan fingerprint density at radius 2 is 1.83 bits per heavy atom. The molecule has 0 bridgehead atoms. The topological polar surface area (TPSA) is 132 Å². The van der Waals surface area contributed by atoms with Crippen LogP contribution in [0.3, 0.4) is 0 Å². The second-order valence-electron chi connectivity index (χ2n) is 6.74. The molecule has 0 aliphatic carbocycles.